The molecule has 1 aromatic heterocycles. The second-order valence-electron chi connectivity index (χ2n) is 4.03. The number of hydrogen-bond acceptors (Lipinski definition) is 5. The summed E-state index contributed by atoms with van der Waals surface area (Å²) in [6.45, 7) is 1.94. The largest absolute Gasteiger partial charge is 0.279 e. The van der Waals surface area contributed by atoms with Crippen molar-refractivity contribution in [1.29, 1.82) is 5.26 Å². The fourth-order valence-corrected chi connectivity index (χ4v) is 5.27. The lowest BCUT2D eigenvalue weighted by Gasteiger charge is -2.11. The van der Waals surface area contributed by atoms with E-state index in [4.69, 9.17) is 5.26 Å². The maximum atomic E-state index is 12.3. The van der Waals surface area contributed by atoms with Gasteiger partial charge in [-0.3, -0.25) is 4.72 Å². The van der Waals surface area contributed by atoms with Crippen LogP contribution in [0.5, 0.6) is 0 Å². The maximum Gasteiger partial charge on any atom is 0.271 e. The Bertz CT molecular complexity index is 794. The van der Waals surface area contributed by atoms with Crippen molar-refractivity contribution in [3.8, 4) is 5.40 Å². The number of rotatable bonds is 5. The summed E-state index contributed by atoms with van der Waals surface area (Å²) in [5, 5.41) is 10.7. The number of sulfonamides is 1. The summed E-state index contributed by atoms with van der Waals surface area (Å²) in [4.78, 5) is 0.802. The fourth-order valence-electron chi connectivity index (χ4n) is 1.72. The summed E-state index contributed by atoms with van der Waals surface area (Å²) in [5.41, 5.74) is 1.40. The molecule has 0 spiro atoms. The number of nitrogens with zero attached hydrogens (tertiary/aromatic N) is 1. The van der Waals surface area contributed by atoms with Crippen molar-refractivity contribution in [3.05, 3.63) is 39.7 Å². The quantitative estimate of drug-likeness (QED) is 0.592. The number of thiophene rings is 1. The van der Waals surface area contributed by atoms with Gasteiger partial charge in [-0.15, -0.1) is 11.3 Å². The summed E-state index contributed by atoms with van der Waals surface area (Å²) in [7, 11) is -3.58. The monoisotopic (exact) mass is 402 g/mol. The third-order valence-corrected chi connectivity index (χ3v) is 6.74. The average molecular weight is 403 g/mol. The van der Waals surface area contributed by atoms with Gasteiger partial charge in [-0.25, -0.2) is 8.42 Å². The van der Waals surface area contributed by atoms with Gasteiger partial charge in [-0.05, 0) is 70.0 Å². The minimum atomic E-state index is -3.58. The standard InChI is InChI=1S/C13H11BrN2O2S3/c1-2-9-7-10(19-8-15)3-4-11(9)16-21(17,18)13-6-5-12(14)20-13/h3-7,16H,2H2,1H3. The van der Waals surface area contributed by atoms with Gasteiger partial charge < -0.3 is 0 Å². The Hall–Kier alpha value is -1.01. The topological polar surface area (TPSA) is 70.0 Å². The molecule has 0 aliphatic carbocycles. The van der Waals surface area contributed by atoms with E-state index < -0.39 is 10.0 Å². The zero-order chi connectivity index (χ0) is 15.5. The molecule has 1 heterocycles. The Balaban J connectivity index is 2.33. The number of nitrogens with one attached hydrogen (secondary N) is 1. The van der Waals surface area contributed by atoms with E-state index in [-0.39, 0.29) is 4.21 Å². The lowest BCUT2D eigenvalue weighted by molar-refractivity contribution is 0.603. The van der Waals surface area contributed by atoms with E-state index in [2.05, 4.69) is 20.7 Å². The fraction of sp³-hybridized carbons (Fsp3) is 0.154. The van der Waals surface area contributed by atoms with Gasteiger partial charge in [0.15, 0.2) is 0 Å². The number of halogens is 1. The molecule has 0 fully saturated rings. The predicted molar refractivity (Wildman–Crippen MR) is 90.1 cm³/mol. The van der Waals surface area contributed by atoms with Crippen molar-refractivity contribution in [2.24, 2.45) is 0 Å². The lowest BCUT2D eigenvalue weighted by Crippen LogP contribution is -2.12. The highest BCUT2D eigenvalue weighted by Gasteiger charge is 2.18. The number of aryl methyl sites for hydroxylation is 1. The molecule has 21 heavy (non-hydrogen) atoms. The highest BCUT2D eigenvalue weighted by Crippen LogP contribution is 2.30. The van der Waals surface area contributed by atoms with E-state index in [1.807, 2.05) is 18.4 Å². The van der Waals surface area contributed by atoms with Crippen molar-refractivity contribution in [1.82, 2.24) is 0 Å². The number of benzene rings is 1. The molecule has 0 radical (unpaired) electrons. The Morgan fingerprint density at radius 1 is 1.38 bits per heavy atom. The summed E-state index contributed by atoms with van der Waals surface area (Å²) in [6, 6.07) is 8.51. The molecule has 0 amide bonds. The molecule has 2 rings (SSSR count). The van der Waals surface area contributed by atoms with E-state index in [1.54, 1.807) is 24.3 Å². The van der Waals surface area contributed by atoms with Crippen LogP contribution in [0.2, 0.25) is 0 Å². The van der Waals surface area contributed by atoms with Crippen LogP contribution >= 0.6 is 39.0 Å². The Morgan fingerprint density at radius 2 is 2.14 bits per heavy atom. The molecule has 8 heteroatoms. The van der Waals surface area contributed by atoms with Gasteiger partial charge in [0.2, 0.25) is 0 Å². The van der Waals surface area contributed by atoms with Crippen LogP contribution in [0.25, 0.3) is 0 Å². The second-order valence-corrected chi connectivity index (χ2v) is 9.26. The third-order valence-electron chi connectivity index (χ3n) is 2.68. The minimum Gasteiger partial charge on any atom is -0.279 e. The van der Waals surface area contributed by atoms with Gasteiger partial charge >= 0.3 is 0 Å². The zero-order valence-electron chi connectivity index (χ0n) is 11.0. The van der Waals surface area contributed by atoms with E-state index in [1.165, 1.54) is 0 Å². The summed E-state index contributed by atoms with van der Waals surface area (Å²) >= 11 is 5.47. The van der Waals surface area contributed by atoms with Crippen molar-refractivity contribution < 1.29 is 8.42 Å². The van der Waals surface area contributed by atoms with Crippen LogP contribution in [0.1, 0.15) is 12.5 Å². The minimum absolute atomic E-state index is 0.256. The normalized spacial score (nSPS) is 11.1. The molecule has 0 aliphatic rings. The molecule has 2 aromatic rings. The number of thioether (sulfide) groups is 1. The van der Waals surface area contributed by atoms with Crippen LogP contribution in [-0.2, 0) is 16.4 Å². The zero-order valence-corrected chi connectivity index (χ0v) is 15.0. The molecular formula is C13H11BrN2O2S3. The van der Waals surface area contributed by atoms with Gasteiger partial charge in [0.05, 0.1) is 9.47 Å². The average Bonchev–Trinajstić information content (AvgIpc) is 2.88. The number of anilines is 1. The summed E-state index contributed by atoms with van der Waals surface area (Å²) in [5.74, 6) is 0. The second kappa shape index (κ2) is 6.83. The lowest BCUT2D eigenvalue weighted by atomic mass is 10.1. The molecule has 0 atom stereocenters. The maximum absolute atomic E-state index is 12.3. The van der Waals surface area contributed by atoms with E-state index in [0.29, 0.717) is 12.1 Å². The molecule has 0 unspecified atom stereocenters. The first-order valence-corrected chi connectivity index (χ1v) is 9.84. The van der Waals surface area contributed by atoms with Gasteiger partial charge in [0.25, 0.3) is 10.0 Å². The van der Waals surface area contributed by atoms with Gasteiger partial charge in [0, 0.05) is 4.90 Å². The van der Waals surface area contributed by atoms with Crippen LogP contribution in [0.15, 0.2) is 43.2 Å². The Kier molecular flexibility index (Phi) is 5.32. The van der Waals surface area contributed by atoms with Crippen LogP contribution in [0.4, 0.5) is 5.69 Å². The highest BCUT2D eigenvalue weighted by atomic mass is 79.9. The van der Waals surface area contributed by atoms with Crippen molar-refractivity contribution in [2.45, 2.75) is 22.4 Å². The van der Waals surface area contributed by atoms with E-state index in [9.17, 15) is 8.42 Å². The molecule has 0 saturated heterocycles. The summed E-state index contributed by atoms with van der Waals surface area (Å²) < 4.78 is 28.3. The first kappa shape index (κ1) is 16.4. The smallest absolute Gasteiger partial charge is 0.271 e. The Labute approximate surface area is 140 Å². The van der Waals surface area contributed by atoms with Gasteiger partial charge in [-0.1, -0.05) is 6.92 Å². The van der Waals surface area contributed by atoms with Crippen molar-refractivity contribution in [3.63, 3.8) is 0 Å². The first-order chi connectivity index (χ1) is 9.96. The van der Waals surface area contributed by atoms with Crippen molar-refractivity contribution >= 4 is 54.7 Å². The van der Waals surface area contributed by atoms with Gasteiger partial charge in [-0.2, -0.15) is 5.26 Å². The summed E-state index contributed by atoms with van der Waals surface area (Å²) in [6.07, 6.45) is 0.672. The SMILES string of the molecule is CCc1cc(SC#N)ccc1NS(=O)(=O)c1ccc(Br)s1. The van der Waals surface area contributed by atoms with Crippen LogP contribution in [-0.4, -0.2) is 8.42 Å². The molecule has 0 saturated carbocycles. The molecule has 0 aliphatic heterocycles. The molecule has 1 N–H and O–H groups in total. The Morgan fingerprint density at radius 3 is 2.71 bits per heavy atom. The predicted octanol–water partition coefficient (Wildman–Crippen LogP) is 4.45. The van der Waals surface area contributed by atoms with Crippen molar-refractivity contribution in [2.75, 3.05) is 4.72 Å². The van der Waals surface area contributed by atoms with Crippen LogP contribution < -0.4 is 4.72 Å². The molecule has 1 aromatic carbocycles. The van der Waals surface area contributed by atoms with E-state index in [0.717, 1.165) is 37.3 Å². The molecule has 110 valence electrons. The van der Waals surface area contributed by atoms with Crippen LogP contribution in [0.3, 0.4) is 0 Å². The molecule has 0 bridgehead atoms. The number of hydrogen-bond donors (Lipinski definition) is 1. The third kappa shape index (κ3) is 4.01. The molecular weight excluding hydrogens is 392 g/mol. The van der Waals surface area contributed by atoms with Gasteiger partial charge in [0.1, 0.15) is 9.61 Å². The number of thiocyanates is 1. The highest BCUT2D eigenvalue weighted by molar-refractivity contribution is 9.11. The van der Waals surface area contributed by atoms with E-state index >= 15 is 0 Å². The number of nitriles is 1. The molecule has 4 nitrogen and oxygen atoms in total. The van der Waals surface area contributed by atoms with Crippen LogP contribution in [0, 0.1) is 10.7 Å². The first-order valence-electron chi connectivity index (χ1n) is 5.93.